The van der Waals surface area contributed by atoms with Gasteiger partial charge in [-0.25, -0.2) is 4.98 Å². The summed E-state index contributed by atoms with van der Waals surface area (Å²) in [7, 11) is 3.27. The highest BCUT2D eigenvalue weighted by Crippen LogP contribution is 2.34. The standard InChI is InChI=1S/C32H27N5O3S/c1-20(33-22-10-12-23(13-11-22)34-24-14-18-26(40-3)19-15-24)29-30(21-8-16-25(39-2)17-9-21)36-37(31(29)38)32-35-27-6-4-5-7-28(27)41-32/h4-19,33-34H,1-3H3/b29-20-. The molecule has 0 bridgehead atoms. The number of fused-ring (bicyclic) bond motifs is 1. The molecule has 9 heteroatoms. The van der Waals surface area contributed by atoms with Crippen LogP contribution in [0.3, 0.4) is 0 Å². The zero-order valence-electron chi connectivity index (χ0n) is 22.7. The van der Waals surface area contributed by atoms with Crippen molar-refractivity contribution in [2.24, 2.45) is 5.10 Å². The number of rotatable bonds is 8. The highest BCUT2D eigenvalue weighted by Gasteiger charge is 2.35. The van der Waals surface area contributed by atoms with Gasteiger partial charge in [-0.05, 0) is 91.9 Å². The smallest absolute Gasteiger partial charge is 0.284 e. The van der Waals surface area contributed by atoms with E-state index in [-0.39, 0.29) is 5.91 Å². The van der Waals surface area contributed by atoms with Crippen LogP contribution in [0.4, 0.5) is 22.2 Å². The molecule has 1 aromatic heterocycles. The minimum absolute atomic E-state index is 0.238. The third-order valence-electron chi connectivity index (χ3n) is 6.64. The summed E-state index contributed by atoms with van der Waals surface area (Å²) >= 11 is 1.43. The number of hydrogen-bond donors (Lipinski definition) is 2. The fraction of sp³-hybridized carbons (Fsp3) is 0.0938. The molecule has 0 saturated heterocycles. The van der Waals surface area contributed by atoms with Gasteiger partial charge >= 0.3 is 0 Å². The van der Waals surface area contributed by atoms with Crippen LogP contribution in [0.5, 0.6) is 11.5 Å². The molecule has 0 saturated carbocycles. The second-order valence-corrected chi connectivity index (χ2v) is 10.3. The molecule has 0 radical (unpaired) electrons. The summed E-state index contributed by atoms with van der Waals surface area (Å²) in [6.45, 7) is 1.89. The Balaban J connectivity index is 1.30. The van der Waals surface area contributed by atoms with E-state index in [0.29, 0.717) is 22.1 Å². The van der Waals surface area contributed by atoms with E-state index in [1.165, 1.54) is 16.3 Å². The number of methoxy groups -OCH3 is 2. The number of anilines is 4. The van der Waals surface area contributed by atoms with Gasteiger partial charge in [0.15, 0.2) is 0 Å². The van der Waals surface area contributed by atoms with Crippen LogP contribution in [-0.2, 0) is 4.79 Å². The number of thiazole rings is 1. The quantitative estimate of drug-likeness (QED) is 0.195. The maximum atomic E-state index is 13.9. The van der Waals surface area contributed by atoms with E-state index in [4.69, 9.17) is 14.6 Å². The van der Waals surface area contributed by atoms with Gasteiger partial charge in [0.25, 0.3) is 5.91 Å². The molecule has 0 fully saturated rings. The van der Waals surface area contributed by atoms with Gasteiger partial charge in [0, 0.05) is 28.3 Å². The number of allylic oxidation sites excluding steroid dienone is 1. The summed E-state index contributed by atoms with van der Waals surface area (Å²) in [5, 5.41) is 13.5. The number of benzene rings is 4. The van der Waals surface area contributed by atoms with Crippen molar-refractivity contribution in [3.8, 4) is 11.5 Å². The summed E-state index contributed by atoms with van der Waals surface area (Å²) in [5.41, 5.74) is 6.10. The SMILES string of the molecule is COc1ccc(Nc2ccc(N/C(C)=C3\C(=O)N(c4nc5ccccc5s4)N=C3c3ccc(OC)cc3)cc2)cc1. The minimum atomic E-state index is -0.238. The average Bonchev–Trinajstić information content (AvgIpc) is 3.59. The maximum Gasteiger partial charge on any atom is 0.284 e. The predicted octanol–water partition coefficient (Wildman–Crippen LogP) is 7.19. The van der Waals surface area contributed by atoms with Crippen LogP contribution >= 0.6 is 11.3 Å². The molecule has 0 aliphatic carbocycles. The molecule has 4 aromatic carbocycles. The second-order valence-electron chi connectivity index (χ2n) is 9.31. The molecule has 5 aromatic rings. The fourth-order valence-electron chi connectivity index (χ4n) is 4.53. The van der Waals surface area contributed by atoms with E-state index in [1.807, 2.05) is 104 Å². The summed E-state index contributed by atoms with van der Waals surface area (Å²) in [5.74, 6) is 1.29. The molecule has 1 aliphatic rings. The van der Waals surface area contributed by atoms with Crippen molar-refractivity contribution in [1.82, 2.24) is 4.98 Å². The van der Waals surface area contributed by atoms with Crippen molar-refractivity contribution in [1.29, 1.82) is 0 Å². The maximum absolute atomic E-state index is 13.9. The van der Waals surface area contributed by atoms with Gasteiger partial charge in [-0.2, -0.15) is 10.1 Å². The van der Waals surface area contributed by atoms with Gasteiger partial charge in [-0.15, -0.1) is 0 Å². The third kappa shape index (κ3) is 5.35. The number of ether oxygens (including phenoxy) is 2. The Morgan fingerprint density at radius 3 is 2.00 bits per heavy atom. The first-order valence-corrected chi connectivity index (χ1v) is 13.8. The van der Waals surface area contributed by atoms with Crippen LogP contribution in [-0.4, -0.2) is 30.8 Å². The first kappa shape index (κ1) is 26.1. The van der Waals surface area contributed by atoms with Crippen molar-refractivity contribution in [2.75, 3.05) is 29.9 Å². The molecule has 0 atom stereocenters. The van der Waals surface area contributed by atoms with Crippen molar-refractivity contribution < 1.29 is 14.3 Å². The normalized spacial score (nSPS) is 14.2. The van der Waals surface area contributed by atoms with Crippen LogP contribution in [0.2, 0.25) is 0 Å². The number of amides is 1. The van der Waals surface area contributed by atoms with Crippen molar-refractivity contribution in [3.05, 3.63) is 114 Å². The van der Waals surface area contributed by atoms with Gasteiger partial charge in [0.05, 0.1) is 30.0 Å². The number of hydrogen-bond acceptors (Lipinski definition) is 8. The summed E-state index contributed by atoms with van der Waals surface area (Å²) in [6, 6.07) is 31.0. The summed E-state index contributed by atoms with van der Waals surface area (Å²) < 4.78 is 11.5. The van der Waals surface area contributed by atoms with Crippen molar-refractivity contribution in [3.63, 3.8) is 0 Å². The van der Waals surface area contributed by atoms with Crippen LogP contribution in [0, 0.1) is 0 Å². The minimum Gasteiger partial charge on any atom is -0.497 e. The Kier molecular flexibility index (Phi) is 7.09. The number of nitrogens with one attached hydrogen (secondary N) is 2. The number of aromatic nitrogens is 1. The molecule has 2 N–H and O–H groups in total. The van der Waals surface area contributed by atoms with E-state index >= 15 is 0 Å². The zero-order chi connectivity index (χ0) is 28.3. The first-order chi connectivity index (χ1) is 20.0. The monoisotopic (exact) mass is 561 g/mol. The lowest BCUT2D eigenvalue weighted by molar-refractivity contribution is -0.114. The molecule has 0 unspecified atom stereocenters. The molecule has 41 heavy (non-hydrogen) atoms. The summed E-state index contributed by atoms with van der Waals surface area (Å²) in [4.78, 5) is 18.5. The van der Waals surface area contributed by atoms with Gasteiger partial charge in [-0.1, -0.05) is 23.5 Å². The Morgan fingerprint density at radius 2 is 1.37 bits per heavy atom. The molecule has 2 heterocycles. The van der Waals surface area contributed by atoms with Crippen LogP contribution in [0.1, 0.15) is 12.5 Å². The van der Waals surface area contributed by atoms with E-state index in [0.717, 1.165) is 44.3 Å². The Labute approximate surface area is 241 Å². The lowest BCUT2D eigenvalue weighted by atomic mass is 10.0. The lowest BCUT2D eigenvalue weighted by Crippen LogP contribution is -2.23. The largest absolute Gasteiger partial charge is 0.497 e. The lowest BCUT2D eigenvalue weighted by Gasteiger charge is -2.13. The average molecular weight is 562 g/mol. The second kappa shape index (κ2) is 11.1. The third-order valence-corrected chi connectivity index (χ3v) is 7.65. The topological polar surface area (TPSA) is 88.1 Å². The van der Waals surface area contributed by atoms with Gasteiger partial charge < -0.3 is 20.1 Å². The van der Waals surface area contributed by atoms with Gasteiger partial charge in [0.1, 0.15) is 17.2 Å². The van der Waals surface area contributed by atoms with Crippen LogP contribution in [0.25, 0.3) is 10.2 Å². The molecule has 8 nitrogen and oxygen atoms in total. The Morgan fingerprint density at radius 1 is 0.780 bits per heavy atom. The number of para-hydroxylation sites is 1. The number of hydrazone groups is 1. The first-order valence-electron chi connectivity index (χ1n) is 12.9. The van der Waals surface area contributed by atoms with E-state index in [9.17, 15) is 4.79 Å². The zero-order valence-corrected chi connectivity index (χ0v) is 23.5. The van der Waals surface area contributed by atoms with E-state index in [1.54, 1.807) is 14.2 Å². The van der Waals surface area contributed by atoms with Crippen molar-refractivity contribution >= 4 is 55.4 Å². The van der Waals surface area contributed by atoms with Crippen molar-refractivity contribution in [2.45, 2.75) is 6.92 Å². The Bertz CT molecular complexity index is 1740. The number of carbonyl (C=O) groups excluding carboxylic acids is 1. The van der Waals surface area contributed by atoms with E-state index in [2.05, 4.69) is 15.6 Å². The molecular formula is C32H27N5O3S. The van der Waals surface area contributed by atoms with Gasteiger partial charge in [-0.3, -0.25) is 4.79 Å². The molecule has 6 rings (SSSR count). The number of carbonyl (C=O) groups is 1. The molecule has 0 spiro atoms. The Hall–Kier alpha value is -5.15. The van der Waals surface area contributed by atoms with Crippen LogP contribution < -0.4 is 25.1 Å². The summed E-state index contributed by atoms with van der Waals surface area (Å²) in [6.07, 6.45) is 0. The highest BCUT2D eigenvalue weighted by atomic mass is 32.1. The fourth-order valence-corrected chi connectivity index (χ4v) is 5.44. The number of nitrogens with zero attached hydrogens (tertiary/aromatic N) is 3. The van der Waals surface area contributed by atoms with Gasteiger partial charge in [0.2, 0.25) is 5.13 Å². The molecule has 1 aliphatic heterocycles. The molecular weight excluding hydrogens is 534 g/mol. The van der Waals surface area contributed by atoms with E-state index < -0.39 is 0 Å². The van der Waals surface area contributed by atoms with Crippen LogP contribution in [0.15, 0.2) is 113 Å². The predicted molar refractivity (Wildman–Crippen MR) is 166 cm³/mol. The highest BCUT2D eigenvalue weighted by molar-refractivity contribution is 7.22. The molecule has 204 valence electrons. The molecule has 1 amide bonds.